The van der Waals surface area contributed by atoms with E-state index in [4.69, 9.17) is 5.11 Å². The second-order valence-corrected chi connectivity index (χ2v) is 1.76. The first-order valence-corrected chi connectivity index (χ1v) is 2.88. The second kappa shape index (κ2) is 4.43. The molecular formula is C4H11NOS. The summed E-state index contributed by atoms with van der Waals surface area (Å²) >= 11 is 3.86. The molecule has 2 nitrogen and oxygen atoms in total. The summed E-state index contributed by atoms with van der Waals surface area (Å²) in [5.74, 6) is 0.529. The molecule has 2 N–H and O–H groups in total. The summed E-state index contributed by atoms with van der Waals surface area (Å²) in [6.07, 6.45) is -0.298. The Labute approximate surface area is 49.3 Å². The Morgan fingerprint density at radius 1 is 1.86 bits per heavy atom. The van der Waals surface area contributed by atoms with Gasteiger partial charge in [-0.3, -0.25) is 0 Å². The largest absolute Gasteiger partial charge is 0.391 e. The van der Waals surface area contributed by atoms with Crippen LogP contribution in [0.2, 0.25) is 0 Å². The van der Waals surface area contributed by atoms with Crippen molar-refractivity contribution in [1.82, 2.24) is 5.32 Å². The Kier molecular flexibility index (Phi) is 4.60. The number of aliphatic hydroxyl groups excluding tert-OH is 1. The standard InChI is InChI=1S/C4H11NOS/c1-5-2-4(6)3-7/h4-7H,2-3H2,1H3. The van der Waals surface area contributed by atoms with E-state index in [1.807, 2.05) is 0 Å². The Balaban J connectivity index is 2.83. The summed E-state index contributed by atoms with van der Waals surface area (Å²) in [5.41, 5.74) is 0. The van der Waals surface area contributed by atoms with Crippen LogP contribution < -0.4 is 5.32 Å². The van der Waals surface area contributed by atoms with Gasteiger partial charge in [-0.1, -0.05) is 0 Å². The first-order chi connectivity index (χ1) is 3.31. The van der Waals surface area contributed by atoms with Gasteiger partial charge in [0, 0.05) is 12.3 Å². The Morgan fingerprint density at radius 3 is 2.57 bits per heavy atom. The number of likely N-dealkylation sites (N-methyl/N-ethyl adjacent to an activating group) is 1. The molecule has 0 heterocycles. The number of nitrogens with one attached hydrogen (secondary N) is 1. The quantitative estimate of drug-likeness (QED) is 0.440. The minimum absolute atomic E-state index is 0.298. The van der Waals surface area contributed by atoms with Crippen LogP contribution in [0, 0.1) is 0 Å². The van der Waals surface area contributed by atoms with Gasteiger partial charge in [-0.15, -0.1) is 0 Å². The molecule has 1 atom stereocenters. The predicted molar refractivity (Wildman–Crippen MR) is 33.8 cm³/mol. The van der Waals surface area contributed by atoms with Gasteiger partial charge in [0.25, 0.3) is 0 Å². The molecule has 0 aromatic carbocycles. The fourth-order valence-corrected chi connectivity index (χ4v) is 0.429. The molecule has 0 saturated heterocycles. The molecule has 0 fully saturated rings. The number of hydrogen-bond donors (Lipinski definition) is 3. The van der Waals surface area contributed by atoms with E-state index in [1.165, 1.54) is 0 Å². The average Bonchev–Trinajstić information content (AvgIpc) is 1.68. The number of thiol groups is 1. The number of rotatable bonds is 3. The SMILES string of the molecule is CNCC(O)CS. The van der Waals surface area contributed by atoms with Crippen LogP contribution in [0.15, 0.2) is 0 Å². The van der Waals surface area contributed by atoms with Gasteiger partial charge in [-0.2, -0.15) is 12.6 Å². The van der Waals surface area contributed by atoms with Crippen molar-refractivity contribution in [1.29, 1.82) is 0 Å². The molecule has 1 unspecified atom stereocenters. The van der Waals surface area contributed by atoms with E-state index < -0.39 is 0 Å². The summed E-state index contributed by atoms with van der Waals surface area (Å²) in [6, 6.07) is 0. The Bertz CT molecular complexity index is 42.7. The minimum Gasteiger partial charge on any atom is -0.391 e. The van der Waals surface area contributed by atoms with Crippen molar-refractivity contribution in [2.45, 2.75) is 6.10 Å². The highest BCUT2D eigenvalue weighted by Crippen LogP contribution is 1.81. The molecule has 0 aromatic heterocycles. The second-order valence-electron chi connectivity index (χ2n) is 1.39. The van der Waals surface area contributed by atoms with Gasteiger partial charge >= 0.3 is 0 Å². The van der Waals surface area contributed by atoms with Crippen LogP contribution in [0.1, 0.15) is 0 Å². The maximum Gasteiger partial charge on any atom is 0.0752 e. The van der Waals surface area contributed by atoms with Crippen molar-refractivity contribution >= 4 is 12.6 Å². The number of hydrogen-bond acceptors (Lipinski definition) is 3. The highest BCUT2D eigenvalue weighted by molar-refractivity contribution is 7.80. The summed E-state index contributed by atoms with van der Waals surface area (Å²) in [4.78, 5) is 0. The topological polar surface area (TPSA) is 32.3 Å². The predicted octanol–water partition coefficient (Wildman–Crippen LogP) is -0.504. The van der Waals surface area contributed by atoms with Crippen molar-refractivity contribution in [2.75, 3.05) is 19.3 Å². The van der Waals surface area contributed by atoms with Crippen LogP contribution in [-0.2, 0) is 0 Å². The van der Waals surface area contributed by atoms with Gasteiger partial charge in [0.05, 0.1) is 6.10 Å². The maximum absolute atomic E-state index is 8.72. The third kappa shape index (κ3) is 4.12. The molecule has 0 aromatic rings. The van der Waals surface area contributed by atoms with Gasteiger partial charge in [-0.05, 0) is 7.05 Å². The molecule has 0 aliphatic heterocycles. The van der Waals surface area contributed by atoms with E-state index >= 15 is 0 Å². The van der Waals surface area contributed by atoms with Gasteiger partial charge in [0.1, 0.15) is 0 Å². The van der Waals surface area contributed by atoms with Crippen molar-refractivity contribution in [3.63, 3.8) is 0 Å². The average molecular weight is 121 g/mol. The molecule has 0 aliphatic rings. The minimum atomic E-state index is -0.298. The van der Waals surface area contributed by atoms with Gasteiger partial charge in [0.2, 0.25) is 0 Å². The molecular weight excluding hydrogens is 110 g/mol. The van der Waals surface area contributed by atoms with Crippen LogP contribution in [-0.4, -0.2) is 30.6 Å². The third-order valence-electron chi connectivity index (χ3n) is 0.650. The van der Waals surface area contributed by atoms with E-state index in [2.05, 4.69) is 17.9 Å². The molecule has 0 bridgehead atoms. The lowest BCUT2D eigenvalue weighted by Gasteiger charge is -2.02. The van der Waals surface area contributed by atoms with Crippen LogP contribution >= 0.6 is 12.6 Å². The van der Waals surface area contributed by atoms with E-state index in [-0.39, 0.29) is 6.10 Å². The van der Waals surface area contributed by atoms with E-state index in [0.29, 0.717) is 12.3 Å². The van der Waals surface area contributed by atoms with Crippen LogP contribution in [0.4, 0.5) is 0 Å². The normalized spacial score (nSPS) is 14.1. The van der Waals surface area contributed by atoms with Gasteiger partial charge in [0.15, 0.2) is 0 Å². The lowest BCUT2D eigenvalue weighted by Crippen LogP contribution is -2.24. The first-order valence-electron chi connectivity index (χ1n) is 2.24. The zero-order valence-corrected chi connectivity index (χ0v) is 5.28. The van der Waals surface area contributed by atoms with Crippen molar-refractivity contribution in [3.8, 4) is 0 Å². The fourth-order valence-electron chi connectivity index (χ4n) is 0.300. The summed E-state index contributed by atoms with van der Waals surface area (Å²) < 4.78 is 0. The van der Waals surface area contributed by atoms with E-state index in [0.717, 1.165) is 0 Å². The van der Waals surface area contributed by atoms with Gasteiger partial charge in [-0.25, -0.2) is 0 Å². The van der Waals surface area contributed by atoms with E-state index in [1.54, 1.807) is 7.05 Å². The molecule has 44 valence electrons. The molecule has 0 rings (SSSR count). The molecule has 0 radical (unpaired) electrons. The maximum atomic E-state index is 8.72. The third-order valence-corrected chi connectivity index (χ3v) is 1.07. The van der Waals surface area contributed by atoms with E-state index in [9.17, 15) is 0 Å². The molecule has 0 amide bonds. The molecule has 0 aliphatic carbocycles. The molecule has 3 heteroatoms. The van der Waals surface area contributed by atoms with Crippen LogP contribution in [0.5, 0.6) is 0 Å². The van der Waals surface area contributed by atoms with Crippen LogP contribution in [0.3, 0.4) is 0 Å². The highest BCUT2D eigenvalue weighted by Gasteiger charge is 1.94. The lowest BCUT2D eigenvalue weighted by atomic mass is 10.4. The summed E-state index contributed by atoms with van der Waals surface area (Å²) in [6.45, 7) is 0.628. The zero-order chi connectivity index (χ0) is 5.70. The summed E-state index contributed by atoms with van der Waals surface area (Å²) in [5, 5.41) is 11.5. The molecule has 0 spiro atoms. The Hall–Kier alpha value is 0.270. The van der Waals surface area contributed by atoms with Gasteiger partial charge < -0.3 is 10.4 Å². The van der Waals surface area contributed by atoms with Crippen LogP contribution in [0.25, 0.3) is 0 Å². The highest BCUT2D eigenvalue weighted by atomic mass is 32.1. The molecule has 7 heavy (non-hydrogen) atoms. The lowest BCUT2D eigenvalue weighted by molar-refractivity contribution is 0.199. The summed E-state index contributed by atoms with van der Waals surface area (Å²) in [7, 11) is 1.80. The number of aliphatic hydroxyl groups is 1. The monoisotopic (exact) mass is 121 g/mol. The zero-order valence-electron chi connectivity index (χ0n) is 4.39. The molecule has 0 saturated carbocycles. The van der Waals surface area contributed by atoms with Crippen molar-refractivity contribution in [2.24, 2.45) is 0 Å². The fraction of sp³-hybridized carbons (Fsp3) is 1.00. The Morgan fingerprint density at radius 2 is 2.43 bits per heavy atom. The first kappa shape index (κ1) is 7.27. The smallest absolute Gasteiger partial charge is 0.0752 e. The van der Waals surface area contributed by atoms with Crippen molar-refractivity contribution < 1.29 is 5.11 Å². The van der Waals surface area contributed by atoms with Crippen molar-refractivity contribution in [3.05, 3.63) is 0 Å².